The number of thioether (sulfide) groups is 1. The van der Waals surface area contributed by atoms with Crippen LogP contribution in [0.1, 0.15) is 78.1 Å². The van der Waals surface area contributed by atoms with Gasteiger partial charge in [-0.15, -0.1) is 0 Å². The first-order chi connectivity index (χ1) is 12.1. The van der Waals surface area contributed by atoms with Crippen molar-refractivity contribution in [2.24, 2.45) is 5.92 Å². The van der Waals surface area contributed by atoms with Crippen LogP contribution in [0.25, 0.3) is 0 Å². The van der Waals surface area contributed by atoms with E-state index in [-0.39, 0.29) is 17.6 Å². The number of hydrogen-bond acceptors (Lipinski definition) is 5. The Bertz CT molecular complexity index is 520. The van der Waals surface area contributed by atoms with Crippen molar-refractivity contribution in [2.45, 2.75) is 102 Å². The molecule has 0 N–H and O–H groups in total. The van der Waals surface area contributed by atoms with Crippen LogP contribution < -0.4 is 0 Å². The van der Waals surface area contributed by atoms with Gasteiger partial charge in [-0.25, -0.2) is 0 Å². The van der Waals surface area contributed by atoms with Gasteiger partial charge in [-0.3, -0.25) is 9.69 Å². The second-order valence-electron chi connectivity index (χ2n) is 8.14. The number of carbonyl (C=O) groups excluding carboxylic acids is 1. The van der Waals surface area contributed by atoms with E-state index in [9.17, 15) is 4.79 Å². The van der Waals surface area contributed by atoms with Crippen LogP contribution in [0.5, 0.6) is 0 Å². The third-order valence-electron chi connectivity index (χ3n) is 6.78. The lowest BCUT2D eigenvalue weighted by Crippen LogP contribution is -2.65. The Kier molecular flexibility index (Phi) is 6.33. The molecule has 2 aliphatic heterocycles. The molecule has 0 aromatic heterocycles. The summed E-state index contributed by atoms with van der Waals surface area (Å²) in [7, 11) is 0. The van der Waals surface area contributed by atoms with Crippen LogP contribution in [0, 0.1) is 16.6 Å². The smallest absolute Gasteiger partial charge is 0.302 e. The molecule has 0 amide bonds. The molecule has 1 spiro atoms. The molecule has 25 heavy (non-hydrogen) atoms. The topological polar surface area (TPSA) is 53.3 Å². The first-order valence-corrected chi connectivity index (χ1v) is 11.1. The number of rotatable bonds is 6. The summed E-state index contributed by atoms with van der Waals surface area (Å²) in [6.07, 6.45) is 12.1. The second kappa shape index (κ2) is 8.31. The summed E-state index contributed by atoms with van der Waals surface area (Å²) in [5, 5.41) is 11.3. The Labute approximate surface area is 156 Å². The van der Waals surface area contributed by atoms with Crippen molar-refractivity contribution in [3.8, 4) is 5.40 Å². The minimum absolute atomic E-state index is 0.0956. The minimum Gasteiger partial charge on any atom is -0.462 e. The highest BCUT2D eigenvalue weighted by atomic mass is 32.2. The highest BCUT2D eigenvalue weighted by molar-refractivity contribution is 8.03. The monoisotopic (exact) mass is 364 g/mol. The molecule has 4 nitrogen and oxygen atoms in total. The van der Waals surface area contributed by atoms with Crippen molar-refractivity contribution in [2.75, 3.05) is 5.75 Å². The number of unbranched alkanes of at least 4 members (excludes halogenated alkanes) is 1. The van der Waals surface area contributed by atoms with E-state index in [2.05, 4.69) is 17.2 Å². The normalized spacial score (nSPS) is 37.8. The maximum atomic E-state index is 11.7. The molecule has 5 heteroatoms. The molecular formula is C20H32N2O2S. The quantitative estimate of drug-likeness (QED) is 0.513. The Morgan fingerprint density at radius 2 is 2.16 bits per heavy atom. The fraction of sp³-hybridized carbons (Fsp3) is 0.900. The Morgan fingerprint density at radius 3 is 2.88 bits per heavy atom. The first-order valence-electron chi connectivity index (χ1n) is 10.1. The Morgan fingerprint density at radius 1 is 1.32 bits per heavy atom. The van der Waals surface area contributed by atoms with Crippen LogP contribution in [-0.2, 0) is 9.53 Å². The molecule has 1 saturated carbocycles. The lowest BCUT2D eigenvalue weighted by atomic mass is 9.64. The molecule has 3 aliphatic rings. The van der Waals surface area contributed by atoms with Crippen molar-refractivity contribution < 1.29 is 9.53 Å². The van der Waals surface area contributed by atoms with Gasteiger partial charge in [0, 0.05) is 42.6 Å². The van der Waals surface area contributed by atoms with Crippen molar-refractivity contribution in [3.05, 3.63) is 0 Å². The minimum atomic E-state index is -0.122. The van der Waals surface area contributed by atoms with Gasteiger partial charge in [0.2, 0.25) is 0 Å². The fourth-order valence-corrected chi connectivity index (χ4v) is 6.60. The molecular weight excluding hydrogens is 332 g/mol. The summed E-state index contributed by atoms with van der Waals surface area (Å²) < 4.78 is 5.87. The molecule has 3 rings (SSSR count). The third kappa shape index (κ3) is 3.71. The predicted octanol–water partition coefficient (Wildman–Crippen LogP) is 4.49. The second-order valence-corrected chi connectivity index (χ2v) is 8.94. The summed E-state index contributed by atoms with van der Waals surface area (Å²) in [5.74, 6) is 1.29. The molecule has 3 fully saturated rings. The van der Waals surface area contributed by atoms with E-state index >= 15 is 0 Å². The van der Waals surface area contributed by atoms with Gasteiger partial charge < -0.3 is 4.74 Å². The number of piperidine rings is 1. The van der Waals surface area contributed by atoms with Crippen LogP contribution in [0.15, 0.2) is 0 Å². The van der Waals surface area contributed by atoms with Crippen LogP contribution >= 0.6 is 11.8 Å². The van der Waals surface area contributed by atoms with Gasteiger partial charge >= 0.3 is 5.97 Å². The summed E-state index contributed by atoms with van der Waals surface area (Å²) in [6.45, 7) is 3.81. The number of esters is 1. The molecule has 0 bridgehead atoms. The average Bonchev–Trinajstić information content (AvgIpc) is 2.96. The van der Waals surface area contributed by atoms with E-state index in [1.807, 2.05) is 0 Å². The van der Waals surface area contributed by atoms with E-state index in [1.54, 1.807) is 6.92 Å². The van der Waals surface area contributed by atoms with Crippen LogP contribution in [0.4, 0.5) is 0 Å². The molecule has 0 radical (unpaired) electrons. The molecule has 2 saturated heterocycles. The van der Waals surface area contributed by atoms with Gasteiger partial charge in [0.05, 0.1) is 0 Å². The largest absolute Gasteiger partial charge is 0.462 e. The molecule has 5 atom stereocenters. The Hall–Kier alpha value is -0.730. The van der Waals surface area contributed by atoms with Gasteiger partial charge in [-0.2, -0.15) is 5.26 Å². The summed E-state index contributed by atoms with van der Waals surface area (Å²) >= 11 is 1.41. The maximum Gasteiger partial charge on any atom is 0.302 e. The van der Waals surface area contributed by atoms with Crippen molar-refractivity contribution in [3.63, 3.8) is 0 Å². The lowest BCUT2D eigenvalue weighted by Gasteiger charge is -2.58. The van der Waals surface area contributed by atoms with Crippen molar-refractivity contribution >= 4 is 17.7 Å². The molecule has 0 aromatic carbocycles. The Balaban J connectivity index is 1.89. The van der Waals surface area contributed by atoms with E-state index < -0.39 is 0 Å². The van der Waals surface area contributed by atoms with E-state index in [0.29, 0.717) is 18.0 Å². The van der Waals surface area contributed by atoms with Gasteiger partial charge in [-0.1, -0.05) is 32.6 Å². The van der Waals surface area contributed by atoms with E-state index in [1.165, 1.54) is 69.5 Å². The fourth-order valence-electron chi connectivity index (χ4n) is 6.01. The highest BCUT2D eigenvalue weighted by Gasteiger charge is 2.59. The number of nitrogens with zero attached hydrogens (tertiary/aromatic N) is 2. The molecule has 140 valence electrons. The first kappa shape index (κ1) is 19.0. The van der Waals surface area contributed by atoms with Crippen LogP contribution in [-0.4, -0.2) is 40.3 Å². The predicted molar refractivity (Wildman–Crippen MR) is 101 cm³/mol. The zero-order valence-electron chi connectivity index (χ0n) is 15.7. The maximum absolute atomic E-state index is 11.7. The van der Waals surface area contributed by atoms with Gasteiger partial charge in [0.15, 0.2) is 0 Å². The van der Waals surface area contributed by atoms with Gasteiger partial charge in [0.1, 0.15) is 11.5 Å². The number of nitriles is 1. The standard InChI is InChI=1S/C20H32N2O2S/c1-3-4-7-16-12-19(24-15(2)23)18-8-5-6-10-20(18)11-9-17(22(16)20)13-25-14-21/h16-19H,3-13H2,1-2H3/t16-,17+,18-,19+,20+/m0/s1. The molecule has 2 heterocycles. The average molecular weight is 365 g/mol. The highest BCUT2D eigenvalue weighted by Crippen LogP contribution is 2.55. The van der Waals surface area contributed by atoms with E-state index in [4.69, 9.17) is 10.00 Å². The number of ether oxygens (including phenoxy) is 1. The molecule has 1 aliphatic carbocycles. The summed E-state index contributed by atoms with van der Waals surface area (Å²) in [6, 6.07) is 1.02. The zero-order chi connectivity index (χ0) is 17.9. The van der Waals surface area contributed by atoms with Crippen molar-refractivity contribution in [1.82, 2.24) is 4.90 Å². The van der Waals surface area contributed by atoms with Crippen molar-refractivity contribution in [1.29, 1.82) is 5.26 Å². The summed E-state index contributed by atoms with van der Waals surface area (Å²) in [5.41, 5.74) is 0.218. The van der Waals surface area contributed by atoms with Gasteiger partial charge in [0.25, 0.3) is 0 Å². The van der Waals surface area contributed by atoms with Gasteiger partial charge in [-0.05, 0) is 43.9 Å². The SMILES string of the molecule is CCCC[C@H]1C[C@@H](OC(C)=O)[C@@H]2CCCC[C@@]23CC[C@H](CSC#N)N13. The zero-order valence-corrected chi connectivity index (χ0v) is 16.5. The van der Waals surface area contributed by atoms with Crippen LogP contribution in [0.3, 0.4) is 0 Å². The number of carbonyl (C=O) groups is 1. The molecule has 0 aromatic rings. The molecule has 0 unspecified atom stereocenters. The number of hydrogen-bond donors (Lipinski definition) is 0. The number of thiocyanates is 1. The van der Waals surface area contributed by atoms with E-state index in [0.717, 1.165) is 12.2 Å². The van der Waals surface area contributed by atoms with Crippen LogP contribution in [0.2, 0.25) is 0 Å². The summed E-state index contributed by atoms with van der Waals surface area (Å²) in [4.78, 5) is 14.6. The third-order valence-corrected chi connectivity index (χ3v) is 7.46. The lowest BCUT2D eigenvalue weighted by molar-refractivity contribution is -0.169.